The molecule has 2 heterocycles. The number of rotatable bonds is 4. The molecule has 5 nitrogen and oxygen atoms in total. The smallest absolute Gasteiger partial charge is 0.279 e. The minimum absolute atomic E-state index is 0.143. The molecule has 0 N–H and O–H groups in total. The van der Waals surface area contributed by atoms with Crippen molar-refractivity contribution in [3.63, 3.8) is 0 Å². The van der Waals surface area contributed by atoms with Gasteiger partial charge in [0.25, 0.3) is 5.56 Å². The molecule has 0 amide bonds. The minimum atomic E-state index is -0.336. The van der Waals surface area contributed by atoms with E-state index in [0.29, 0.717) is 30.0 Å². The molecule has 5 heteroatoms. The maximum absolute atomic E-state index is 13.2. The van der Waals surface area contributed by atoms with Crippen molar-refractivity contribution in [2.24, 2.45) is 0 Å². The normalized spacial score (nSPS) is 19.2. The molecule has 0 saturated carbocycles. The van der Waals surface area contributed by atoms with Crippen molar-refractivity contribution in [3.8, 4) is 28.5 Å². The Hall–Kier alpha value is -3.23. The van der Waals surface area contributed by atoms with Gasteiger partial charge in [-0.15, -0.1) is 0 Å². The highest BCUT2D eigenvalue weighted by Gasteiger charge is 2.29. The van der Waals surface area contributed by atoms with E-state index in [1.165, 1.54) is 4.68 Å². The van der Waals surface area contributed by atoms with Gasteiger partial charge in [-0.25, -0.2) is 4.68 Å². The first-order chi connectivity index (χ1) is 14.1. The summed E-state index contributed by atoms with van der Waals surface area (Å²) in [5.74, 6) is 0. The number of aromatic nitrogens is 2. The fraction of sp³-hybridized carbons (Fsp3) is 0.292. The van der Waals surface area contributed by atoms with Gasteiger partial charge in [0.1, 0.15) is 17.3 Å². The van der Waals surface area contributed by atoms with Gasteiger partial charge in [-0.3, -0.25) is 9.69 Å². The Labute approximate surface area is 170 Å². The van der Waals surface area contributed by atoms with E-state index in [-0.39, 0.29) is 11.1 Å². The molecule has 1 aromatic heterocycles. The molecule has 0 radical (unpaired) electrons. The molecule has 0 bridgehead atoms. The number of hydrogen-bond donors (Lipinski definition) is 0. The molecule has 1 aliphatic rings. The molecule has 0 spiro atoms. The molecule has 4 rings (SSSR count). The van der Waals surface area contributed by atoms with Gasteiger partial charge in [0, 0.05) is 23.2 Å². The second-order valence-electron chi connectivity index (χ2n) is 7.68. The summed E-state index contributed by atoms with van der Waals surface area (Å²) in [5.41, 5.74) is 2.78. The number of nitriles is 1. The summed E-state index contributed by atoms with van der Waals surface area (Å²) >= 11 is 0. The molecule has 0 aliphatic carbocycles. The lowest BCUT2D eigenvalue weighted by Crippen LogP contribution is -2.40. The fourth-order valence-corrected chi connectivity index (χ4v) is 4.14. The maximum Gasteiger partial charge on any atom is 0.286 e. The average molecular weight is 384 g/mol. The van der Waals surface area contributed by atoms with Gasteiger partial charge in [-0.05, 0) is 32.3 Å². The molecular weight excluding hydrogens is 360 g/mol. The Kier molecular flexibility index (Phi) is 5.28. The zero-order valence-electron chi connectivity index (χ0n) is 16.7. The molecule has 3 aromatic rings. The van der Waals surface area contributed by atoms with Crippen LogP contribution in [0.1, 0.15) is 32.3 Å². The molecule has 0 unspecified atom stereocenters. The van der Waals surface area contributed by atoms with E-state index >= 15 is 0 Å². The van der Waals surface area contributed by atoms with Gasteiger partial charge >= 0.3 is 0 Å². The summed E-state index contributed by atoms with van der Waals surface area (Å²) in [4.78, 5) is 15.5. The van der Waals surface area contributed by atoms with Crippen LogP contribution in [0.15, 0.2) is 65.5 Å². The summed E-state index contributed by atoms with van der Waals surface area (Å²) in [7, 11) is 0. The summed E-state index contributed by atoms with van der Waals surface area (Å²) < 4.78 is 1.46. The van der Waals surface area contributed by atoms with Crippen LogP contribution in [0.3, 0.4) is 0 Å². The average Bonchev–Trinajstić information content (AvgIpc) is 3.08. The predicted octanol–water partition coefficient (Wildman–Crippen LogP) is 4.28. The van der Waals surface area contributed by atoms with Crippen LogP contribution in [0.5, 0.6) is 0 Å². The molecule has 2 aromatic carbocycles. The number of benzene rings is 2. The first-order valence-electron chi connectivity index (χ1n) is 10.0. The van der Waals surface area contributed by atoms with E-state index < -0.39 is 0 Å². The van der Waals surface area contributed by atoms with E-state index in [2.05, 4.69) is 24.8 Å². The van der Waals surface area contributed by atoms with Crippen molar-refractivity contribution in [1.29, 1.82) is 5.26 Å². The van der Waals surface area contributed by atoms with Crippen LogP contribution in [0.25, 0.3) is 22.4 Å². The lowest BCUT2D eigenvalue weighted by Gasteiger charge is -2.26. The first kappa shape index (κ1) is 19.1. The highest BCUT2D eigenvalue weighted by atomic mass is 16.1. The topological polar surface area (TPSA) is 61.9 Å². The standard InChI is InChI=1S/C24H24N4O/c1-17-13-14-18(2)27(17)16-28-24(29)21(15-25)22(19-9-5-3-6-10-19)23(26-28)20-11-7-4-8-12-20/h3-12,17-18H,13-14,16H2,1-2H3/t17-,18+. The molecule has 146 valence electrons. The first-order valence-corrected chi connectivity index (χ1v) is 10.0. The monoisotopic (exact) mass is 384 g/mol. The van der Waals surface area contributed by atoms with Crippen LogP contribution >= 0.6 is 0 Å². The van der Waals surface area contributed by atoms with Gasteiger partial charge in [0.2, 0.25) is 0 Å². The third-order valence-corrected chi connectivity index (χ3v) is 5.81. The van der Waals surface area contributed by atoms with Crippen LogP contribution in [0.2, 0.25) is 0 Å². The summed E-state index contributed by atoms with van der Waals surface area (Å²) in [6.45, 7) is 4.75. The van der Waals surface area contributed by atoms with Gasteiger partial charge in [-0.2, -0.15) is 10.4 Å². The maximum atomic E-state index is 13.2. The molecule has 2 atom stereocenters. The van der Waals surface area contributed by atoms with Gasteiger partial charge in [-0.1, -0.05) is 60.7 Å². The van der Waals surface area contributed by atoms with Crippen molar-refractivity contribution in [2.75, 3.05) is 0 Å². The Morgan fingerprint density at radius 2 is 1.52 bits per heavy atom. The molecule has 1 fully saturated rings. The molecular formula is C24H24N4O. The summed E-state index contributed by atoms with van der Waals surface area (Å²) in [6.07, 6.45) is 2.21. The van der Waals surface area contributed by atoms with E-state index in [1.54, 1.807) is 0 Å². The van der Waals surface area contributed by atoms with Gasteiger partial charge in [0.05, 0.1) is 6.67 Å². The number of nitrogens with zero attached hydrogens (tertiary/aromatic N) is 4. The number of hydrogen-bond acceptors (Lipinski definition) is 4. The van der Waals surface area contributed by atoms with Crippen molar-refractivity contribution >= 4 is 0 Å². The highest BCUT2D eigenvalue weighted by Crippen LogP contribution is 2.32. The van der Waals surface area contributed by atoms with E-state index in [0.717, 1.165) is 24.0 Å². The zero-order chi connectivity index (χ0) is 20.4. The largest absolute Gasteiger partial charge is 0.286 e. The fourth-order valence-electron chi connectivity index (χ4n) is 4.14. The molecule has 1 aliphatic heterocycles. The quantitative estimate of drug-likeness (QED) is 0.674. The van der Waals surface area contributed by atoms with Crippen molar-refractivity contribution in [2.45, 2.75) is 45.4 Å². The van der Waals surface area contributed by atoms with Crippen LogP contribution in [0.4, 0.5) is 0 Å². The lowest BCUT2D eigenvalue weighted by atomic mass is 9.96. The molecule has 29 heavy (non-hydrogen) atoms. The second-order valence-corrected chi connectivity index (χ2v) is 7.68. The molecule has 1 saturated heterocycles. The van der Waals surface area contributed by atoms with Gasteiger partial charge in [0.15, 0.2) is 0 Å². The van der Waals surface area contributed by atoms with Crippen molar-refractivity contribution in [1.82, 2.24) is 14.7 Å². The van der Waals surface area contributed by atoms with Gasteiger partial charge < -0.3 is 0 Å². The Bertz CT molecular complexity index is 1090. The zero-order valence-corrected chi connectivity index (χ0v) is 16.7. The van der Waals surface area contributed by atoms with Crippen LogP contribution in [-0.2, 0) is 6.67 Å². The minimum Gasteiger partial charge on any atom is -0.279 e. The Morgan fingerprint density at radius 1 is 0.966 bits per heavy atom. The number of likely N-dealkylation sites (tertiary alicyclic amines) is 1. The summed E-state index contributed by atoms with van der Waals surface area (Å²) in [6, 6.07) is 22.3. The van der Waals surface area contributed by atoms with Crippen LogP contribution < -0.4 is 5.56 Å². The van der Waals surface area contributed by atoms with E-state index in [9.17, 15) is 10.1 Å². The van der Waals surface area contributed by atoms with E-state index in [4.69, 9.17) is 5.10 Å². The third-order valence-electron chi connectivity index (χ3n) is 5.81. The SMILES string of the molecule is C[C@@H]1CC[C@H](C)N1Cn1nc(-c2ccccc2)c(-c2ccccc2)c(C#N)c1=O. The second kappa shape index (κ2) is 8.02. The Morgan fingerprint density at radius 3 is 2.07 bits per heavy atom. The third kappa shape index (κ3) is 3.59. The predicted molar refractivity (Wildman–Crippen MR) is 114 cm³/mol. The van der Waals surface area contributed by atoms with Crippen molar-refractivity contribution in [3.05, 3.63) is 76.6 Å². The Balaban J connectivity index is 1.94. The van der Waals surface area contributed by atoms with Crippen molar-refractivity contribution < 1.29 is 0 Å². The summed E-state index contributed by atoms with van der Waals surface area (Å²) in [5, 5.41) is 14.7. The van der Waals surface area contributed by atoms with Crippen LogP contribution in [0, 0.1) is 11.3 Å². The van der Waals surface area contributed by atoms with E-state index in [1.807, 2.05) is 60.7 Å². The lowest BCUT2D eigenvalue weighted by molar-refractivity contribution is 0.152. The van der Waals surface area contributed by atoms with Crippen LogP contribution in [-0.4, -0.2) is 26.8 Å². The highest BCUT2D eigenvalue weighted by molar-refractivity contribution is 5.84.